The number of sulfonamides is 1. The predicted molar refractivity (Wildman–Crippen MR) is 69.7 cm³/mol. The Labute approximate surface area is 112 Å². The van der Waals surface area contributed by atoms with Crippen LogP contribution in [0.2, 0.25) is 0 Å². The van der Waals surface area contributed by atoms with E-state index in [1.165, 1.54) is 6.92 Å². The SMILES string of the molecule is CCC(C)NC(=O)c1cc(F)c(C)c(S(N)(=O)=O)c1. The Morgan fingerprint density at radius 2 is 2.05 bits per heavy atom. The molecule has 1 amide bonds. The fourth-order valence-corrected chi connectivity index (χ4v) is 2.30. The van der Waals surface area contributed by atoms with Crippen LogP contribution in [0.3, 0.4) is 0 Å². The summed E-state index contributed by atoms with van der Waals surface area (Å²) in [5.74, 6) is -1.31. The number of carbonyl (C=O) groups is 1. The molecular formula is C12H17FN2O3S. The van der Waals surface area contributed by atoms with E-state index in [1.54, 1.807) is 6.92 Å². The predicted octanol–water partition coefficient (Wildman–Crippen LogP) is 1.31. The molecule has 7 heteroatoms. The summed E-state index contributed by atoms with van der Waals surface area (Å²) < 4.78 is 36.3. The molecule has 0 bridgehead atoms. The average molecular weight is 288 g/mol. The van der Waals surface area contributed by atoms with Gasteiger partial charge in [-0.1, -0.05) is 6.92 Å². The quantitative estimate of drug-likeness (QED) is 0.875. The van der Waals surface area contributed by atoms with Crippen LogP contribution < -0.4 is 10.5 Å². The largest absolute Gasteiger partial charge is 0.350 e. The van der Waals surface area contributed by atoms with Gasteiger partial charge in [-0.2, -0.15) is 0 Å². The molecule has 0 aromatic heterocycles. The van der Waals surface area contributed by atoms with Crippen LogP contribution in [-0.2, 0) is 10.0 Å². The molecule has 0 heterocycles. The molecule has 19 heavy (non-hydrogen) atoms. The van der Waals surface area contributed by atoms with Gasteiger partial charge in [-0.3, -0.25) is 4.79 Å². The van der Waals surface area contributed by atoms with Crippen LogP contribution in [0.15, 0.2) is 17.0 Å². The van der Waals surface area contributed by atoms with E-state index in [4.69, 9.17) is 5.14 Å². The zero-order valence-corrected chi connectivity index (χ0v) is 11.8. The van der Waals surface area contributed by atoms with Crippen molar-refractivity contribution in [3.63, 3.8) is 0 Å². The molecule has 0 aliphatic rings. The lowest BCUT2D eigenvalue weighted by atomic mass is 10.1. The fourth-order valence-electron chi connectivity index (χ4n) is 1.49. The summed E-state index contributed by atoms with van der Waals surface area (Å²) in [6.07, 6.45) is 0.710. The summed E-state index contributed by atoms with van der Waals surface area (Å²) in [6, 6.07) is 2.00. The number of rotatable bonds is 4. The van der Waals surface area contributed by atoms with Crippen LogP contribution in [0, 0.1) is 12.7 Å². The number of nitrogens with two attached hydrogens (primary N) is 1. The van der Waals surface area contributed by atoms with Crippen molar-refractivity contribution in [2.75, 3.05) is 0 Å². The summed E-state index contributed by atoms with van der Waals surface area (Å²) >= 11 is 0. The molecule has 1 atom stereocenters. The van der Waals surface area contributed by atoms with Crippen molar-refractivity contribution < 1.29 is 17.6 Å². The molecule has 0 fully saturated rings. The van der Waals surface area contributed by atoms with Crippen molar-refractivity contribution in [2.45, 2.75) is 38.1 Å². The average Bonchev–Trinajstić information content (AvgIpc) is 2.30. The van der Waals surface area contributed by atoms with Gasteiger partial charge in [0, 0.05) is 17.2 Å². The molecule has 106 valence electrons. The number of hydrogen-bond donors (Lipinski definition) is 2. The Morgan fingerprint density at radius 3 is 2.53 bits per heavy atom. The third-order valence-electron chi connectivity index (χ3n) is 2.86. The van der Waals surface area contributed by atoms with E-state index in [1.807, 2.05) is 6.92 Å². The highest BCUT2D eigenvalue weighted by molar-refractivity contribution is 7.89. The molecule has 0 saturated carbocycles. The molecule has 0 radical (unpaired) electrons. The minimum Gasteiger partial charge on any atom is -0.350 e. The van der Waals surface area contributed by atoms with Crippen molar-refractivity contribution in [3.05, 3.63) is 29.1 Å². The van der Waals surface area contributed by atoms with Crippen molar-refractivity contribution in [1.82, 2.24) is 5.32 Å². The molecule has 1 unspecified atom stereocenters. The Kier molecular flexibility index (Phi) is 4.65. The molecule has 5 nitrogen and oxygen atoms in total. The van der Waals surface area contributed by atoms with Crippen LogP contribution in [0.4, 0.5) is 4.39 Å². The Hall–Kier alpha value is -1.47. The maximum atomic E-state index is 13.6. The van der Waals surface area contributed by atoms with Gasteiger partial charge in [-0.05, 0) is 32.4 Å². The van der Waals surface area contributed by atoms with E-state index in [0.29, 0.717) is 6.42 Å². The van der Waals surface area contributed by atoms with Gasteiger partial charge in [0.05, 0.1) is 4.90 Å². The number of hydrogen-bond acceptors (Lipinski definition) is 3. The first-order valence-electron chi connectivity index (χ1n) is 5.80. The molecule has 1 aromatic rings. The van der Waals surface area contributed by atoms with Gasteiger partial charge in [-0.15, -0.1) is 0 Å². The van der Waals surface area contributed by atoms with Gasteiger partial charge < -0.3 is 5.32 Å². The van der Waals surface area contributed by atoms with Gasteiger partial charge in [0.15, 0.2) is 0 Å². The molecule has 1 rings (SSSR count). The van der Waals surface area contributed by atoms with Gasteiger partial charge >= 0.3 is 0 Å². The van der Waals surface area contributed by atoms with Crippen LogP contribution in [0.1, 0.15) is 36.2 Å². The van der Waals surface area contributed by atoms with Crippen molar-refractivity contribution >= 4 is 15.9 Å². The highest BCUT2D eigenvalue weighted by Gasteiger charge is 2.19. The number of amides is 1. The smallest absolute Gasteiger partial charge is 0.251 e. The first-order chi connectivity index (χ1) is 8.66. The van der Waals surface area contributed by atoms with E-state index in [2.05, 4.69) is 5.32 Å². The zero-order valence-electron chi connectivity index (χ0n) is 11.0. The van der Waals surface area contributed by atoms with Crippen molar-refractivity contribution in [3.8, 4) is 0 Å². The minimum absolute atomic E-state index is 0.0626. The van der Waals surface area contributed by atoms with Gasteiger partial charge in [0.2, 0.25) is 10.0 Å². The maximum Gasteiger partial charge on any atom is 0.251 e. The third-order valence-corrected chi connectivity index (χ3v) is 3.89. The summed E-state index contributed by atoms with van der Waals surface area (Å²) in [5.41, 5.74) is -0.157. The molecular weight excluding hydrogens is 271 g/mol. The second-order valence-corrected chi connectivity index (χ2v) is 5.94. The minimum atomic E-state index is -4.07. The molecule has 3 N–H and O–H groups in total. The monoisotopic (exact) mass is 288 g/mol. The molecule has 0 aliphatic carbocycles. The van der Waals surface area contributed by atoms with E-state index < -0.39 is 21.7 Å². The summed E-state index contributed by atoms with van der Waals surface area (Å²) in [7, 11) is -4.07. The van der Waals surface area contributed by atoms with Gasteiger partial charge in [0.1, 0.15) is 5.82 Å². The van der Waals surface area contributed by atoms with E-state index in [-0.39, 0.29) is 22.1 Å². The van der Waals surface area contributed by atoms with Crippen molar-refractivity contribution in [2.24, 2.45) is 5.14 Å². The molecule has 0 aliphatic heterocycles. The first-order valence-corrected chi connectivity index (χ1v) is 7.35. The Morgan fingerprint density at radius 1 is 1.47 bits per heavy atom. The third kappa shape index (κ3) is 3.74. The van der Waals surface area contributed by atoms with E-state index in [9.17, 15) is 17.6 Å². The highest BCUT2D eigenvalue weighted by atomic mass is 32.2. The standard InChI is InChI=1S/C12H17FN2O3S/c1-4-7(2)15-12(16)9-5-10(13)8(3)11(6-9)19(14,17)18/h5-7H,4H2,1-3H3,(H,15,16)(H2,14,17,18). The van der Waals surface area contributed by atoms with Crippen LogP contribution in [0.25, 0.3) is 0 Å². The number of benzene rings is 1. The van der Waals surface area contributed by atoms with Crippen molar-refractivity contribution in [1.29, 1.82) is 0 Å². The number of nitrogens with one attached hydrogen (secondary N) is 1. The lowest BCUT2D eigenvalue weighted by molar-refractivity contribution is 0.0938. The number of halogens is 1. The highest BCUT2D eigenvalue weighted by Crippen LogP contribution is 2.19. The van der Waals surface area contributed by atoms with Crippen LogP contribution >= 0.6 is 0 Å². The summed E-state index contributed by atoms with van der Waals surface area (Å²) in [5, 5.41) is 7.63. The lowest BCUT2D eigenvalue weighted by Crippen LogP contribution is -2.32. The number of primary sulfonamides is 1. The molecule has 0 spiro atoms. The van der Waals surface area contributed by atoms with Gasteiger partial charge in [0.25, 0.3) is 5.91 Å². The van der Waals surface area contributed by atoms with E-state index >= 15 is 0 Å². The van der Waals surface area contributed by atoms with E-state index in [0.717, 1.165) is 12.1 Å². The van der Waals surface area contributed by atoms with Crippen LogP contribution in [-0.4, -0.2) is 20.4 Å². The summed E-state index contributed by atoms with van der Waals surface area (Å²) in [6.45, 7) is 4.98. The number of carbonyl (C=O) groups excluding carboxylic acids is 1. The first kappa shape index (κ1) is 15.6. The fraction of sp³-hybridized carbons (Fsp3) is 0.417. The second-order valence-electron chi connectivity index (χ2n) is 4.41. The zero-order chi connectivity index (χ0) is 14.8. The van der Waals surface area contributed by atoms with Gasteiger partial charge in [-0.25, -0.2) is 17.9 Å². The Balaban J connectivity index is 3.25. The normalized spacial score (nSPS) is 13.1. The topological polar surface area (TPSA) is 89.3 Å². The second kappa shape index (κ2) is 5.66. The Bertz CT molecular complexity index is 599. The molecule has 1 aromatic carbocycles. The summed E-state index contributed by atoms with van der Waals surface area (Å²) in [4.78, 5) is 11.5. The lowest BCUT2D eigenvalue weighted by Gasteiger charge is -2.13. The van der Waals surface area contributed by atoms with Crippen LogP contribution in [0.5, 0.6) is 0 Å². The molecule has 0 saturated heterocycles. The maximum absolute atomic E-state index is 13.6.